The zero-order valence-corrected chi connectivity index (χ0v) is 12.8. The SMILES string of the molecule is CCC(C(C)C)(C(C)C)N(C)/C(=N/N)N(C)C. The predicted octanol–water partition coefficient (Wildman–Crippen LogP) is 2.17. The maximum atomic E-state index is 5.53. The number of nitrogens with two attached hydrogens (primary N) is 1. The molecule has 0 aromatic heterocycles. The molecule has 0 fully saturated rings. The molecule has 17 heavy (non-hydrogen) atoms. The maximum absolute atomic E-state index is 5.53. The van der Waals surface area contributed by atoms with Gasteiger partial charge in [-0.05, 0) is 18.3 Å². The van der Waals surface area contributed by atoms with Crippen molar-refractivity contribution in [3.63, 3.8) is 0 Å². The van der Waals surface area contributed by atoms with E-state index >= 15 is 0 Å². The van der Waals surface area contributed by atoms with Gasteiger partial charge in [0.25, 0.3) is 0 Å². The predicted molar refractivity (Wildman–Crippen MR) is 75.8 cm³/mol. The van der Waals surface area contributed by atoms with Gasteiger partial charge in [0.2, 0.25) is 5.96 Å². The fourth-order valence-corrected chi connectivity index (χ4v) is 3.18. The average molecular weight is 242 g/mol. The van der Waals surface area contributed by atoms with Crippen LogP contribution in [0, 0.1) is 11.8 Å². The minimum Gasteiger partial charge on any atom is -0.347 e. The van der Waals surface area contributed by atoms with Gasteiger partial charge in [0.15, 0.2) is 0 Å². The molecule has 0 radical (unpaired) electrons. The third kappa shape index (κ3) is 2.85. The van der Waals surface area contributed by atoms with Gasteiger partial charge in [0, 0.05) is 26.7 Å². The highest BCUT2D eigenvalue weighted by molar-refractivity contribution is 5.80. The number of guanidine groups is 1. The van der Waals surface area contributed by atoms with Crippen molar-refractivity contribution in [2.24, 2.45) is 22.8 Å². The highest BCUT2D eigenvalue weighted by atomic mass is 15.4. The van der Waals surface area contributed by atoms with Crippen molar-refractivity contribution in [1.29, 1.82) is 0 Å². The first-order valence-electron chi connectivity index (χ1n) is 6.44. The number of hydrogen-bond acceptors (Lipinski definition) is 2. The molecule has 2 N–H and O–H groups in total. The first-order valence-corrected chi connectivity index (χ1v) is 6.44. The second kappa shape index (κ2) is 6.12. The summed E-state index contributed by atoms with van der Waals surface area (Å²) in [6.45, 7) is 11.3. The summed E-state index contributed by atoms with van der Waals surface area (Å²) >= 11 is 0. The Bertz CT molecular complexity index is 248. The summed E-state index contributed by atoms with van der Waals surface area (Å²) in [5.41, 5.74) is 0.0858. The van der Waals surface area contributed by atoms with Crippen molar-refractivity contribution in [2.75, 3.05) is 21.1 Å². The summed E-state index contributed by atoms with van der Waals surface area (Å²) in [5, 5.41) is 3.93. The highest BCUT2D eigenvalue weighted by Gasteiger charge is 2.41. The number of rotatable bonds is 4. The van der Waals surface area contributed by atoms with Crippen LogP contribution in [0.25, 0.3) is 0 Å². The van der Waals surface area contributed by atoms with Crippen molar-refractivity contribution >= 4 is 5.96 Å². The molecule has 4 nitrogen and oxygen atoms in total. The third-order valence-corrected chi connectivity index (χ3v) is 4.01. The first kappa shape index (κ1) is 16.1. The van der Waals surface area contributed by atoms with Crippen LogP contribution >= 0.6 is 0 Å². The molecule has 0 aliphatic heterocycles. The summed E-state index contributed by atoms with van der Waals surface area (Å²) in [6.07, 6.45) is 1.08. The Morgan fingerprint density at radius 1 is 1.12 bits per heavy atom. The lowest BCUT2D eigenvalue weighted by atomic mass is 9.74. The summed E-state index contributed by atoms with van der Waals surface area (Å²) < 4.78 is 0. The van der Waals surface area contributed by atoms with E-state index in [9.17, 15) is 0 Å². The zero-order chi connectivity index (χ0) is 13.8. The van der Waals surface area contributed by atoms with Gasteiger partial charge in [-0.15, -0.1) is 5.10 Å². The first-order chi connectivity index (χ1) is 7.75. The van der Waals surface area contributed by atoms with Crippen LogP contribution < -0.4 is 5.84 Å². The Hall–Kier alpha value is -0.930. The summed E-state index contributed by atoms with van der Waals surface area (Å²) in [7, 11) is 6.04. The summed E-state index contributed by atoms with van der Waals surface area (Å²) in [4.78, 5) is 4.21. The van der Waals surface area contributed by atoms with Gasteiger partial charge in [-0.3, -0.25) is 0 Å². The van der Waals surface area contributed by atoms with Crippen LogP contribution in [0.5, 0.6) is 0 Å². The Labute approximate surface area is 107 Å². The fourth-order valence-electron chi connectivity index (χ4n) is 3.18. The van der Waals surface area contributed by atoms with E-state index in [4.69, 9.17) is 5.84 Å². The monoisotopic (exact) mass is 242 g/mol. The molecule has 4 heteroatoms. The van der Waals surface area contributed by atoms with Gasteiger partial charge in [-0.25, -0.2) is 0 Å². The molecule has 0 rings (SSSR count). The summed E-state index contributed by atoms with van der Waals surface area (Å²) in [6, 6.07) is 0. The van der Waals surface area contributed by atoms with Gasteiger partial charge < -0.3 is 15.6 Å². The third-order valence-electron chi connectivity index (χ3n) is 4.01. The topological polar surface area (TPSA) is 44.9 Å². The lowest BCUT2D eigenvalue weighted by molar-refractivity contribution is 0.0656. The van der Waals surface area contributed by atoms with Crippen LogP contribution in [0.2, 0.25) is 0 Å². The fraction of sp³-hybridized carbons (Fsp3) is 0.923. The van der Waals surface area contributed by atoms with Crippen molar-refractivity contribution in [3.8, 4) is 0 Å². The van der Waals surface area contributed by atoms with Gasteiger partial charge in [-0.1, -0.05) is 34.6 Å². The van der Waals surface area contributed by atoms with Crippen molar-refractivity contribution in [2.45, 2.75) is 46.6 Å². The quantitative estimate of drug-likeness (QED) is 0.356. The molecule has 0 aromatic carbocycles. The normalized spacial score (nSPS) is 13.4. The standard InChI is InChI=1S/C13H30N4/c1-9-13(10(2)3,11(4)5)17(8)12(15-14)16(6)7/h10-11H,9,14H2,1-8H3/b15-12+. The van der Waals surface area contributed by atoms with Crippen LogP contribution in [0.1, 0.15) is 41.0 Å². The molecule has 0 amide bonds. The Morgan fingerprint density at radius 3 is 1.71 bits per heavy atom. The number of nitrogens with zero attached hydrogens (tertiary/aromatic N) is 3. The molecule has 0 bridgehead atoms. The van der Waals surface area contributed by atoms with E-state index in [1.807, 2.05) is 19.0 Å². The molecule has 102 valence electrons. The molecular weight excluding hydrogens is 212 g/mol. The van der Waals surface area contributed by atoms with Crippen LogP contribution in [0.15, 0.2) is 5.10 Å². The van der Waals surface area contributed by atoms with Gasteiger partial charge in [0.05, 0.1) is 0 Å². The van der Waals surface area contributed by atoms with E-state index in [1.54, 1.807) is 0 Å². The molecule has 0 atom stereocenters. The Morgan fingerprint density at radius 2 is 1.53 bits per heavy atom. The van der Waals surface area contributed by atoms with E-state index in [1.165, 1.54) is 0 Å². The van der Waals surface area contributed by atoms with E-state index in [-0.39, 0.29) is 5.54 Å². The smallest absolute Gasteiger partial charge is 0.218 e. The van der Waals surface area contributed by atoms with Crippen LogP contribution in [0.4, 0.5) is 0 Å². The molecule has 0 aliphatic carbocycles. The number of hydrogen-bond donors (Lipinski definition) is 1. The summed E-state index contributed by atoms with van der Waals surface area (Å²) in [5.74, 6) is 7.43. The van der Waals surface area contributed by atoms with Crippen LogP contribution in [-0.4, -0.2) is 42.4 Å². The van der Waals surface area contributed by atoms with Crippen LogP contribution in [0.3, 0.4) is 0 Å². The minimum atomic E-state index is 0.0858. The lowest BCUT2D eigenvalue weighted by Crippen LogP contribution is -2.59. The van der Waals surface area contributed by atoms with E-state index in [0.717, 1.165) is 12.4 Å². The lowest BCUT2D eigenvalue weighted by Gasteiger charge is -2.50. The van der Waals surface area contributed by atoms with Gasteiger partial charge in [-0.2, -0.15) is 0 Å². The van der Waals surface area contributed by atoms with E-state index < -0.39 is 0 Å². The minimum absolute atomic E-state index is 0.0858. The second-order valence-electron chi connectivity index (χ2n) is 5.54. The highest BCUT2D eigenvalue weighted by Crippen LogP contribution is 2.35. The molecule has 0 aromatic rings. The Kier molecular flexibility index (Phi) is 5.79. The zero-order valence-electron chi connectivity index (χ0n) is 12.8. The van der Waals surface area contributed by atoms with Gasteiger partial charge >= 0.3 is 0 Å². The van der Waals surface area contributed by atoms with Crippen molar-refractivity contribution in [3.05, 3.63) is 0 Å². The molecule has 0 heterocycles. The Balaban J connectivity index is 5.47. The van der Waals surface area contributed by atoms with Crippen LogP contribution in [-0.2, 0) is 0 Å². The molecular formula is C13H30N4. The second-order valence-corrected chi connectivity index (χ2v) is 5.54. The molecule has 0 spiro atoms. The molecule has 0 unspecified atom stereocenters. The van der Waals surface area contributed by atoms with Gasteiger partial charge in [0.1, 0.15) is 0 Å². The molecule has 0 saturated carbocycles. The molecule has 0 saturated heterocycles. The van der Waals surface area contributed by atoms with E-state index in [0.29, 0.717) is 11.8 Å². The van der Waals surface area contributed by atoms with Crippen molar-refractivity contribution < 1.29 is 0 Å². The number of hydrazone groups is 1. The van der Waals surface area contributed by atoms with E-state index in [2.05, 4.69) is 51.7 Å². The maximum Gasteiger partial charge on any atom is 0.218 e. The average Bonchev–Trinajstić information content (AvgIpc) is 2.18. The largest absolute Gasteiger partial charge is 0.347 e. The van der Waals surface area contributed by atoms with Crippen molar-refractivity contribution in [1.82, 2.24) is 9.80 Å². The molecule has 0 aliphatic rings.